The molecule has 1 unspecified atom stereocenters. The van der Waals surface area contributed by atoms with Crippen molar-refractivity contribution in [1.29, 1.82) is 0 Å². The highest BCUT2D eigenvalue weighted by molar-refractivity contribution is 6.10. The molecule has 0 spiro atoms. The Morgan fingerprint density at radius 1 is 0.500 bits per heavy atom. The summed E-state index contributed by atoms with van der Waals surface area (Å²) in [5.41, 5.74) is 12.0. The molecule has 7 nitrogen and oxygen atoms in total. The highest BCUT2D eigenvalue weighted by atomic mass is 15.3. The number of nitrogens with zero attached hydrogens (tertiary/aromatic N) is 7. The van der Waals surface area contributed by atoms with Crippen LogP contribution in [-0.2, 0) is 0 Å². The molecule has 6 aromatic carbocycles. The quantitative estimate of drug-likeness (QED) is 0.170. The van der Waals surface area contributed by atoms with Crippen molar-refractivity contribution in [2.24, 2.45) is 0 Å². The molecule has 0 saturated heterocycles. The Morgan fingerprint density at radius 3 is 1.80 bits per heavy atom. The Hall–Kier alpha value is -7.51. The van der Waals surface area contributed by atoms with Gasteiger partial charge in [0.15, 0.2) is 17.5 Å². The van der Waals surface area contributed by atoms with Crippen LogP contribution in [0.4, 0.5) is 11.6 Å². The van der Waals surface area contributed by atoms with E-state index in [1.165, 1.54) is 32.9 Å². The van der Waals surface area contributed by atoms with E-state index in [9.17, 15) is 0 Å². The highest BCUT2D eigenvalue weighted by Gasteiger charge is 2.36. The Morgan fingerprint density at radius 2 is 1.09 bits per heavy atom. The number of benzene rings is 6. The molecular weight excluding hydrogens is 687 g/mol. The molecule has 56 heavy (non-hydrogen) atoms. The minimum Gasteiger partial charge on any atom is -0.309 e. The zero-order valence-electron chi connectivity index (χ0n) is 30.2. The third-order valence-electron chi connectivity index (χ3n) is 10.8. The standard InChI is InChI=1S/C49H33N7/c1-4-14-32(15-5-1)46-52-47(33-16-6-2-7-17-33)54-48(53-46)36-30-50-49(51-31-36)56-43-23-13-10-20-38(43)40-26-24-35(29-45(40)56)34-25-27-44-41(28-34)39-21-11-12-22-42(39)55(44)37-18-8-3-9-19-37/h1-22,24-31,43H,23H2. The van der Waals surface area contributed by atoms with E-state index in [0.717, 1.165) is 45.6 Å². The summed E-state index contributed by atoms with van der Waals surface area (Å²) in [4.78, 5) is 26.9. The molecule has 1 aliphatic carbocycles. The van der Waals surface area contributed by atoms with E-state index in [1.54, 1.807) is 0 Å². The van der Waals surface area contributed by atoms with Crippen LogP contribution in [0.1, 0.15) is 12.0 Å². The molecular formula is C49H33N7. The fourth-order valence-electron chi connectivity index (χ4n) is 8.21. The molecule has 0 amide bonds. The third kappa shape index (κ3) is 5.32. The van der Waals surface area contributed by atoms with Crippen LogP contribution in [0.3, 0.4) is 0 Å². The summed E-state index contributed by atoms with van der Waals surface area (Å²) < 4.78 is 2.35. The van der Waals surface area contributed by atoms with Gasteiger partial charge in [0.05, 0.1) is 28.3 Å². The van der Waals surface area contributed by atoms with Gasteiger partial charge in [0.1, 0.15) is 0 Å². The van der Waals surface area contributed by atoms with Gasteiger partial charge in [0.25, 0.3) is 0 Å². The fourth-order valence-corrected chi connectivity index (χ4v) is 8.21. The van der Waals surface area contributed by atoms with Gasteiger partial charge in [-0.15, -0.1) is 0 Å². The fraction of sp³-hybridized carbons (Fsp3) is 0.0408. The van der Waals surface area contributed by atoms with Gasteiger partial charge >= 0.3 is 0 Å². The predicted molar refractivity (Wildman–Crippen MR) is 226 cm³/mol. The molecule has 0 fully saturated rings. The minimum atomic E-state index is 0.0916. The number of para-hydroxylation sites is 2. The summed E-state index contributed by atoms with van der Waals surface area (Å²) in [5.74, 6) is 2.37. The van der Waals surface area contributed by atoms with E-state index < -0.39 is 0 Å². The number of anilines is 2. The van der Waals surface area contributed by atoms with Crippen LogP contribution < -0.4 is 4.90 Å². The molecule has 0 bridgehead atoms. The molecule has 1 aliphatic heterocycles. The van der Waals surface area contributed by atoms with E-state index in [1.807, 2.05) is 73.1 Å². The lowest BCUT2D eigenvalue weighted by Gasteiger charge is -2.26. The first-order valence-electron chi connectivity index (χ1n) is 18.9. The molecule has 4 heterocycles. The SMILES string of the molecule is C1=CCC2C(=C1)c1ccc(-c3ccc4c(c3)c3ccccc3n4-c3ccccc3)cc1N2c1ncc(-c2nc(-c3ccccc3)nc(-c3ccccc3)n2)cn1. The van der Waals surface area contributed by atoms with Crippen LogP contribution in [-0.4, -0.2) is 35.5 Å². The van der Waals surface area contributed by atoms with Crippen LogP contribution in [0.25, 0.3) is 78.4 Å². The first kappa shape index (κ1) is 32.0. The van der Waals surface area contributed by atoms with Gasteiger partial charge in [-0.3, -0.25) is 0 Å². The molecule has 3 aromatic heterocycles. The summed E-state index contributed by atoms with van der Waals surface area (Å²) in [6.45, 7) is 0. The second-order valence-corrected chi connectivity index (χ2v) is 14.1. The van der Waals surface area contributed by atoms with E-state index in [0.29, 0.717) is 23.4 Å². The van der Waals surface area contributed by atoms with Crippen molar-refractivity contribution in [3.8, 4) is 51.0 Å². The van der Waals surface area contributed by atoms with Crippen LogP contribution in [0.5, 0.6) is 0 Å². The first-order chi connectivity index (χ1) is 27.8. The maximum atomic E-state index is 5.00. The van der Waals surface area contributed by atoms with Gasteiger partial charge in [0.2, 0.25) is 5.95 Å². The number of fused-ring (bicyclic) bond motifs is 6. The van der Waals surface area contributed by atoms with Crippen molar-refractivity contribution < 1.29 is 0 Å². The van der Waals surface area contributed by atoms with Gasteiger partial charge in [-0.05, 0) is 59.5 Å². The van der Waals surface area contributed by atoms with E-state index >= 15 is 0 Å². The second-order valence-electron chi connectivity index (χ2n) is 14.1. The van der Waals surface area contributed by atoms with E-state index in [2.05, 4.69) is 119 Å². The van der Waals surface area contributed by atoms with Crippen molar-refractivity contribution >= 4 is 39.0 Å². The van der Waals surface area contributed by atoms with Crippen LogP contribution in [0.15, 0.2) is 182 Å². The average Bonchev–Trinajstić information content (AvgIpc) is 3.79. The molecule has 0 N–H and O–H groups in total. The lowest BCUT2D eigenvalue weighted by atomic mass is 9.94. The number of allylic oxidation sites excluding steroid dienone is 2. The minimum absolute atomic E-state index is 0.0916. The monoisotopic (exact) mass is 719 g/mol. The molecule has 0 saturated carbocycles. The van der Waals surface area contributed by atoms with E-state index in [4.69, 9.17) is 24.9 Å². The zero-order valence-corrected chi connectivity index (χ0v) is 30.2. The van der Waals surface area contributed by atoms with Crippen LogP contribution in [0, 0.1) is 0 Å². The lowest BCUT2D eigenvalue weighted by Crippen LogP contribution is -2.28. The molecule has 1 atom stereocenters. The Bertz CT molecular complexity index is 2930. The Kier molecular flexibility index (Phi) is 7.48. The molecule has 0 radical (unpaired) electrons. The summed E-state index contributed by atoms with van der Waals surface area (Å²) in [7, 11) is 0. The van der Waals surface area contributed by atoms with Crippen molar-refractivity contribution in [2.75, 3.05) is 4.90 Å². The number of hydrogen-bond acceptors (Lipinski definition) is 6. The van der Waals surface area contributed by atoms with Crippen LogP contribution >= 0.6 is 0 Å². The Labute approximate surface area is 323 Å². The van der Waals surface area contributed by atoms with Crippen molar-refractivity contribution in [1.82, 2.24) is 29.5 Å². The predicted octanol–water partition coefficient (Wildman–Crippen LogP) is 11.3. The Balaban J connectivity index is 0.993. The summed E-state index contributed by atoms with van der Waals surface area (Å²) in [6.07, 6.45) is 11.1. The summed E-state index contributed by atoms with van der Waals surface area (Å²) in [5, 5.41) is 2.46. The normalized spacial score (nSPS) is 14.5. The van der Waals surface area contributed by atoms with Crippen molar-refractivity contribution in [2.45, 2.75) is 12.5 Å². The summed E-state index contributed by atoms with van der Waals surface area (Å²) in [6, 6.07) is 53.0. The van der Waals surface area contributed by atoms with Crippen LogP contribution in [0.2, 0.25) is 0 Å². The highest BCUT2D eigenvalue weighted by Crippen LogP contribution is 2.48. The second kappa shape index (κ2) is 13.1. The molecule has 11 rings (SSSR count). The smallest absolute Gasteiger partial charge is 0.230 e. The van der Waals surface area contributed by atoms with Gasteiger partial charge < -0.3 is 9.47 Å². The van der Waals surface area contributed by atoms with Gasteiger partial charge in [0, 0.05) is 45.5 Å². The number of rotatable bonds is 6. The number of hydrogen-bond donors (Lipinski definition) is 0. The summed E-state index contributed by atoms with van der Waals surface area (Å²) >= 11 is 0. The average molecular weight is 720 g/mol. The number of aromatic nitrogens is 6. The topological polar surface area (TPSA) is 72.6 Å². The molecule has 9 aromatic rings. The van der Waals surface area contributed by atoms with Crippen molar-refractivity contribution in [3.05, 3.63) is 188 Å². The van der Waals surface area contributed by atoms with E-state index in [-0.39, 0.29) is 6.04 Å². The maximum Gasteiger partial charge on any atom is 0.230 e. The molecule has 2 aliphatic rings. The molecule has 7 heteroatoms. The lowest BCUT2D eigenvalue weighted by molar-refractivity contribution is 0.801. The maximum absolute atomic E-state index is 5.00. The molecule has 264 valence electrons. The van der Waals surface area contributed by atoms with Gasteiger partial charge in [-0.1, -0.05) is 133 Å². The third-order valence-corrected chi connectivity index (χ3v) is 10.8. The van der Waals surface area contributed by atoms with Crippen molar-refractivity contribution in [3.63, 3.8) is 0 Å². The zero-order chi connectivity index (χ0) is 37.0. The van der Waals surface area contributed by atoms with Gasteiger partial charge in [-0.2, -0.15) is 0 Å². The van der Waals surface area contributed by atoms with Gasteiger partial charge in [-0.25, -0.2) is 24.9 Å². The first-order valence-corrected chi connectivity index (χ1v) is 18.9. The largest absolute Gasteiger partial charge is 0.309 e.